The quantitative estimate of drug-likeness (QED) is 0.763. The Morgan fingerprint density at radius 1 is 1.25 bits per heavy atom. The van der Waals surface area contributed by atoms with Gasteiger partial charge in [-0.3, -0.25) is 4.79 Å². The molecule has 24 heavy (non-hydrogen) atoms. The van der Waals surface area contributed by atoms with E-state index in [-0.39, 0.29) is 17.0 Å². The lowest BCUT2D eigenvalue weighted by molar-refractivity contribution is 0.0947. The average Bonchev–Trinajstić information content (AvgIpc) is 3.23. The third-order valence-corrected chi connectivity index (χ3v) is 5.00. The number of hydrogen-bond donors (Lipinski definition) is 1. The van der Waals surface area contributed by atoms with E-state index >= 15 is 0 Å². The van der Waals surface area contributed by atoms with E-state index in [9.17, 15) is 13.2 Å². The Morgan fingerprint density at radius 2 is 2.00 bits per heavy atom. The summed E-state index contributed by atoms with van der Waals surface area (Å²) in [6, 6.07) is 11.2. The van der Waals surface area contributed by atoms with Crippen molar-refractivity contribution in [3.8, 4) is 0 Å². The normalized spacial score (nSPS) is 11.4. The van der Waals surface area contributed by atoms with Crippen molar-refractivity contribution in [3.05, 3.63) is 71.9 Å². The molecule has 0 fully saturated rings. The summed E-state index contributed by atoms with van der Waals surface area (Å²) in [5.41, 5.74) is 0.963. The molecule has 0 saturated carbocycles. The largest absolute Gasteiger partial charge is 0.359 e. The zero-order valence-electron chi connectivity index (χ0n) is 12.8. The molecular formula is C16H15N3O4S. The van der Waals surface area contributed by atoms with Crippen molar-refractivity contribution in [2.75, 3.05) is 0 Å². The molecule has 0 atom stereocenters. The number of carbonyl (C=O) groups is 1. The number of amides is 1. The maximum atomic E-state index is 12.5. The fourth-order valence-electron chi connectivity index (χ4n) is 2.14. The minimum Gasteiger partial charge on any atom is -0.359 e. The lowest BCUT2D eigenvalue weighted by Gasteiger charge is -2.05. The molecule has 7 nitrogen and oxygen atoms in total. The van der Waals surface area contributed by atoms with Gasteiger partial charge in [-0.25, -0.2) is 12.4 Å². The van der Waals surface area contributed by atoms with E-state index in [0.29, 0.717) is 5.76 Å². The Morgan fingerprint density at radius 3 is 2.67 bits per heavy atom. The molecular weight excluding hydrogens is 330 g/mol. The molecule has 124 valence electrons. The van der Waals surface area contributed by atoms with Crippen LogP contribution in [0, 0.1) is 6.92 Å². The summed E-state index contributed by atoms with van der Waals surface area (Å²) in [6.07, 6.45) is 2.62. The molecule has 2 aromatic heterocycles. The zero-order valence-corrected chi connectivity index (χ0v) is 13.7. The highest BCUT2D eigenvalue weighted by Gasteiger charge is 2.18. The average molecular weight is 345 g/mol. The monoisotopic (exact) mass is 345 g/mol. The highest BCUT2D eigenvalue weighted by molar-refractivity contribution is 7.90. The fourth-order valence-corrected chi connectivity index (χ4v) is 3.36. The van der Waals surface area contributed by atoms with Gasteiger partial charge in [-0.05, 0) is 25.1 Å². The van der Waals surface area contributed by atoms with E-state index in [1.807, 2.05) is 0 Å². The Labute approximate surface area is 138 Å². The fraction of sp³-hybridized carbons (Fsp3) is 0.125. The Balaban J connectivity index is 1.74. The van der Waals surface area contributed by atoms with Crippen LogP contribution in [0.3, 0.4) is 0 Å². The Kier molecular flexibility index (Phi) is 4.22. The topological polar surface area (TPSA) is 94.2 Å². The van der Waals surface area contributed by atoms with Crippen LogP contribution in [-0.2, 0) is 16.6 Å². The van der Waals surface area contributed by atoms with Crippen molar-refractivity contribution >= 4 is 15.9 Å². The van der Waals surface area contributed by atoms with Crippen LogP contribution in [-0.4, -0.2) is 23.5 Å². The molecule has 8 heteroatoms. The van der Waals surface area contributed by atoms with Gasteiger partial charge in [-0.2, -0.15) is 0 Å². The first-order valence-corrected chi connectivity index (χ1v) is 8.60. The number of benzene rings is 1. The standard InChI is InChI=1S/C16H15N3O4S/c1-12-9-14(23-18-12)10-17-16(20)13-7-8-19(11-13)24(21,22)15-5-3-2-4-6-15/h2-9,11H,10H2,1H3,(H,17,20). The summed E-state index contributed by atoms with van der Waals surface area (Å²) < 4.78 is 30.9. The molecule has 1 aromatic carbocycles. The number of hydrogen-bond acceptors (Lipinski definition) is 5. The molecule has 0 aliphatic rings. The number of nitrogens with zero attached hydrogens (tertiary/aromatic N) is 2. The molecule has 0 radical (unpaired) electrons. The first kappa shape index (κ1) is 16.0. The van der Waals surface area contributed by atoms with Gasteiger partial charge in [0, 0.05) is 18.5 Å². The minimum absolute atomic E-state index is 0.157. The predicted octanol–water partition coefficient (Wildman–Crippen LogP) is 1.95. The molecule has 3 rings (SSSR count). The van der Waals surface area contributed by atoms with Crippen molar-refractivity contribution in [2.45, 2.75) is 18.4 Å². The molecule has 1 amide bonds. The lowest BCUT2D eigenvalue weighted by Crippen LogP contribution is -2.22. The second-order valence-corrected chi connectivity index (χ2v) is 7.01. The van der Waals surface area contributed by atoms with E-state index in [1.54, 1.807) is 31.2 Å². The first-order valence-electron chi connectivity index (χ1n) is 7.16. The van der Waals surface area contributed by atoms with Crippen LogP contribution in [0.25, 0.3) is 0 Å². The van der Waals surface area contributed by atoms with Gasteiger partial charge >= 0.3 is 0 Å². The van der Waals surface area contributed by atoms with E-state index < -0.39 is 15.9 Å². The predicted molar refractivity (Wildman–Crippen MR) is 85.9 cm³/mol. The summed E-state index contributed by atoms with van der Waals surface area (Å²) in [4.78, 5) is 12.3. The van der Waals surface area contributed by atoms with Gasteiger partial charge < -0.3 is 9.84 Å². The highest BCUT2D eigenvalue weighted by atomic mass is 32.2. The van der Waals surface area contributed by atoms with Crippen LogP contribution in [0.5, 0.6) is 0 Å². The van der Waals surface area contributed by atoms with Gasteiger partial charge in [-0.15, -0.1) is 0 Å². The molecule has 2 heterocycles. The van der Waals surface area contributed by atoms with Crippen LogP contribution in [0.4, 0.5) is 0 Å². The van der Waals surface area contributed by atoms with Crippen molar-refractivity contribution < 1.29 is 17.7 Å². The second kappa shape index (κ2) is 6.32. The second-order valence-electron chi connectivity index (χ2n) is 5.17. The summed E-state index contributed by atoms with van der Waals surface area (Å²) in [5.74, 6) is 0.128. The van der Waals surface area contributed by atoms with Crippen molar-refractivity contribution in [3.63, 3.8) is 0 Å². The lowest BCUT2D eigenvalue weighted by atomic mass is 10.3. The SMILES string of the molecule is Cc1cc(CNC(=O)c2ccn(S(=O)(=O)c3ccccc3)c2)on1. The molecule has 3 aromatic rings. The van der Waals surface area contributed by atoms with Crippen molar-refractivity contribution in [1.82, 2.24) is 14.4 Å². The summed E-state index contributed by atoms with van der Waals surface area (Å²) in [7, 11) is -3.71. The molecule has 0 aliphatic carbocycles. The van der Waals surface area contributed by atoms with E-state index in [4.69, 9.17) is 4.52 Å². The number of carbonyl (C=O) groups excluding carboxylic acids is 1. The van der Waals surface area contributed by atoms with Crippen LogP contribution >= 0.6 is 0 Å². The highest BCUT2D eigenvalue weighted by Crippen LogP contribution is 2.15. The van der Waals surface area contributed by atoms with Gasteiger partial charge in [0.15, 0.2) is 5.76 Å². The Hall–Kier alpha value is -2.87. The number of aromatic nitrogens is 2. The van der Waals surface area contributed by atoms with Crippen LogP contribution in [0.1, 0.15) is 21.8 Å². The Bertz CT molecular complexity index is 958. The van der Waals surface area contributed by atoms with Gasteiger partial charge in [0.05, 0.1) is 22.7 Å². The van der Waals surface area contributed by atoms with Gasteiger partial charge in [0.25, 0.3) is 15.9 Å². The van der Waals surface area contributed by atoms with Crippen LogP contribution < -0.4 is 5.32 Å². The van der Waals surface area contributed by atoms with Crippen LogP contribution in [0.2, 0.25) is 0 Å². The summed E-state index contributed by atoms with van der Waals surface area (Å²) >= 11 is 0. The van der Waals surface area contributed by atoms with E-state index in [2.05, 4.69) is 10.5 Å². The summed E-state index contributed by atoms with van der Waals surface area (Å²) in [5, 5.41) is 6.38. The number of aryl methyl sites for hydroxylation is 1. The first-order chi connectivity index (χ1) is 11.5. The third kappa shape index (κ3) is 3.23. The van der Waals surface area contributed by atoms with Gasteiger partial charge in [0.1, 0.15) is 0 Å². The number of rotatable bonds is 5. The molecule has 0 saturated heterocycles. The molecule has 0 unspecified atom stereocenters. The maximum absolute atomic E-state index is 12.5. The molecule has 1 N–H and O–H groups in total. The van der Waals surface area contributed by atoms with E-state index in [0.717, 1.165) is 9.67 Å². The van der Waals surface area contributed by atoms with Crippen molar-refractivity contribution in [2.24, 2.45) is 0 Å². The molecule has 0 aliphatic heterocycles. The molecule has 0 bridgehead atoms. The third-order valence-electron chi connectivity index (χ3n) is 3.35. The summed E-state index contributed by atoms with van der Waals surface area (Å²) in [6.45, 7) is 1.96. The minimum atomic E-state index is -3.71. The molecule has 0 spiro atoms. The maximum Gasteiger partial charge on any atom is 0.267 e. The zero-order chi connectivity index (χ0) is 17.2. The van der Waals surface area contributed by atoms with Crippen LogP contribution in [0.15, 0.2) is 64.3 Å². The smallest absolute Gasteiger partial charge is 0.267 e. The van der Waals surface area contributed by atoms with Gasteiger partial charge in [-0.1, -0.05) is 23.4 Å². The number of nitrogens with one attached hydrogen (secondary N) is 1. The van der Waals surface area contributed by atoms with E-state index in [1.165, 1.54) is 30.6 Å². The van der Waals surface area contributed by atoms with Gasteiger partial charge in [0.2, 0.25) is 0 Å². The van der Waals surface area contributed by atoms with Crippen molar-refractivity contribution in [1.29, 1.82) is 0 Å².